The number of carbonyl (C=O) groups excluding carboxylic acids is 3. The third-order valence-electron chi connectivity index (χ3n) is 2.29. The van der Waals surface area contributed by atoms with Gasteiger partial charge in [0.1, 0.15) is 11.5 Å². The van der Waals surface area contributed by atoms with Gasteiger partial charge in [0, 0.05) is 6.54 Å². The minimum absolute atomic E-state index is 0.190. The molecule has 1 aliphatic rings. The molecule has 0 bridgehead atoms. The van der Waals surface area contributed by atoms with Gasteiger partial charge in [-0.1, -0.05) is 0 Å². The van der Waals surface area contributed by atoms with E-state index < -0.39 is 29.5 Å². The van der Waals surface area contributed by atoms with E-state index in [0.717, 1.165) is 4.90 Å². The first kappa shape index (κ1) is 13.5. The van der Waals surface area contributed by atoms with Gasteiger partial charge in [-0.15, -0.1) is 0 Å². The van der Waals surface area contributed by atoms with Crippen LogP contribution in [-0.2, 0) is 19.1 Å². The maximum Gasteiger partial charge on any atom is 0.416 e. The highest BCUT2D eigenvalue weighted by Gasteiger charge is 2.42. The summed E-state index contributed by atoms with van der Waals surface area (Å²) in [6.45, 7) is 5.36. The average Bonchev–Trinajstić information content (AvgIpc) is 2.56. The number of imide groups is 1. The Morgan fingerprint density at radius 1 is 1.35 bits per heavy atom. The van der Waals surface area contributed by atoms with Crippen LogP contribution in [0.4, 0.5) is 4.79 Å². The Morgan fingerprint density at radius 2 is 1.94 bits per heavy atom. The van der Waals surface area contributed by atoms with Gasteiger partial charge in [0.25, 0.3) is 0 Å². The van der Waals surface area contributed by atoms with Crippen molar-refractivity contribution < 1.29 is 23.9 Å². The van der Waals surface area contributed by atoms with Gasteiger partial charge >= 0.3 is 12.1 Å². The SMILES string of the molecule is COC(=O)N1CCC(C(=O)OC(C)(C)C)C1=O. The summed E-state index contributed by atoms with van der Waals surface area (Å²) >= 11 is 0. The van der Waals surface area contributed by atoms with Crippen LogP contribution in [0, 0.1) is 5.92 Å². The standard InChI is InChI=1S/C11H17NO5/c1-11(2,3)17-9(14)7-5-6-12(8(7)13)10(15)16-4/h7H,5-6H2,1-4H3. The Bertz CT molecular complexity index is 344. The molecule has 0 radical (unpaired) electrons. The van der Waals surface area contributed by atoms with Gasteiger partial charge in [0.2, 0.25) is 5.91 Å². The summed E-state index contributed by atoms with van der Waals surface area (Å²) in [5.41, 5.74) is -0.643. The van der Waals surface area contributed by atoms with Gasteiger partial charge in [-0.05, 0) is 27.2 Å². The number of ether oxygens (including phenoxy) is 2. The molecule has 96 valence electrons. The van der Waals surface area contributed by atoms with Gasteiger partial charge in [-0.2, -0.15) is 0 Å². The topological polar surface area (TPSA) is 72.9 Å². The molecule has 1 unspecified atom stereocenters. The van der Waals surface area contributed by atoms with Crippen molar-refractivity contribution in [2.45, 2.75) is 32.8 Å². The van der Waals surface area contributed by atoms with E-state index in [1.54, 1.807) is 20.8 Å². The second-order valence-corrected chi connectivity index (χ2v) is 4.83. The maximum absolute atomic E-state index is 11.8. The van der Waals surface area contributed by atoms with Gasteiger partial charge in [0.15, 0.2) is 0 Å². The van der Waals surface area contributed by atoms with Crippen molar-refractivity contribution in [3.8, 4) is 0 Å². The zero-order chi connectivity index (χ0) is 13.2. The summed E-state index contributed by atoms with van der Waals surface area (Å²) < 4.78 is 9.56. The largest absolute Gasteiger partial charge is 0.459 e. The Balaban J connectivity index is 2.67. The molecule has 1 aliphatic heterocycles. The molecular formula is C11H17NO5. The first-order valence-electron chi connectivity index (χ1n) is 5.38. The van der Waals surface area contributed by atoms with E-state index in [9.17, 15) is 14.4 Å². The lowest BCUT2D eigenvalue weighted by Crippen LogP contribution is -2.37. The van der Waals surface area contributed by atoms with Crippen LogP contribution in [0.1, 0.15) is 27.2 Å². The summed E-state index contributed by atoms with van der Waals surface area (Å²) in [5, 5.41) is 0. The van der Waals surface area contributed by atoms with Gasteiger partial charge in [-0.3, -0.25) is 9.59 Å². The number of methoxy groups -OCH3 is 1. The van der Waals surface area contributed by atoms with E-state index in [1.165, 1.54) is 7.11 Å². The van der Waals surface area contributed by atoms with Gasteiger partial charge in [-0.25, -0.2) is 9.69 Å². The number of rotatable bonds is 1. The summed E-state index contributed by atoms with van der Waals surface area (Å²) in [6, 6.07) is 0. The highest BCUT2D eigenvalue weighted by atomic mass is 16.6. The molecule has 1 heterocycles. The van der Waals surface area contributed by atoms with Gasteiger partial charge < -0.3 is 9.47 Å². The van der Waals surface area contributed by atoms with Crippen LogP contribution in [0.2, 0.25) is 0 Å². The first-order chi connectivity index (χ1) is 7.76. The Hall–Kier alpha value is -1.59. The van der Waals surface area contributed by atoms with Crippen molar-refractivity contribution in [2.24, 2.45) is 5.92 Å². The fourth-order valence-corrected chi connectivity index (χ4v) is 1.56. The number of nitrogens with zero attached hydrogens (tertiary/aromatic N) is 1. The summed E-state index contributed by atoms with van der Waals surface area (Å²) in [5.74, 6) is -2.03. The molecule has 1 saturated heterocycles. The van der Waals surface area contributed by atoms with Crippen LogP contribution in [-0.4, -0.2) is 42.1 Å². The smallest absolute Gasteiger partial charge is 0.416 e. The Labute approximate surface area is 99.9 Å². The first-order valence-corrected chi connectivity index (χ1v) is 5.38. The molecule has 0 spiro atoms. The van der Waals surface area contributed by atoms with Crippen molar-refractivity contribution in [2.75, 3.05) is 13.7 Å². The zero-order valence-electron chi connectivity index (χ0n) is 10.5. The molecule has 0 aromatic carbocycles. The molecule has 6 heteroatoms. The van der Waals surface area contributed by atoms with Crippen molar-refractivity contribution in [1.82, 2.24) is 4.90 Å². The van der Waals surface area contributed by atoms with E-state index in [2.05, 4.69) is 4.74 Å². The number of carbonyl (C=O) groups is 3. The van der Waals surface area contributed by atoms with E-state index in [4.69, 9.17) is 4.74 Å². The second-order valence-electron chi connectivity index (χ2n) is 4.83. The highest BCUT2D eigenvalue weighted by molar-refractivity contribution is 6.05. The molecule has 1 atom stereocenters. The number of hydrogen-bond acceptors (Lipinski definition) is 5. The molecule has 0 N–H and O–H groups in total. The molecule has 0 saturated carbocycles. The minimum Gasteiger partial charge on any atom is -0.459 e. The monoisotopic (exact) mass is 243 g/mol. The van der Waals surface area contributed by atoms with E-state index in [0.29, 0.717) is 0 Å². The number of esters is 1. The molecule has 0 aromatic heterocycles. The van der Waals surface area contributed by atoms with Crippen molar-refractivity contribution >= 4 is 18.0 Å². The summed E-state index contributed by atoms with van der Waals surface area (Å²) in [6.07, 6.45) is -0.455. The van der Waals surface area contributed by atoms with Crippen LogP contribution in [0.5, 0.6) is 0 Å². The molecule has 6 nitrogen and oxygen atoms in total. The summed E-state index contributed by atoms with van der Waals surface area (Å²) in [7, 11) is 1.19. The van der Waals surface area contributed by atoms with E-state index >= 15 is 0 Å². The van der Waals surface area contributed by atoms with Gasteiger partial charge in [0.05, 0.1) is 7.11 Å². The fourth-order valence-electron chi connectivity index (χ4n) is 1.56. The van der Waals surface area contributed by atoms with Crippen LogP contribution < -0.4 is 0 Å². The van der Waals surface area contributed by atoms with Crippen molar-refractivity contribution in [3.63, 3.8) is 0 Å². The van der Waals surface area contributed by atoms with Crippen molar-refractivity contribution in [3.05, 3.63) is 0 Å². The average molecular weight is 243 g/mol. The van der Waals surface area contributed by atoms with Crippen LogP contribution in [0.15, 0.2) is 0 Å². The number of likely N-dealkylation sites (tertiary alicyclic amines) is 1. The lowest BCUT2D eigenvalue weighted by atomic mass is 10.1. The molecule has 0 aliphatic carbocycles. The molecule has 2 amide bonds. The molecule has 0 aromatic rings. The van der Waals surface area contributed by atoms with E-state index in [1.807, 2.05) is 0 Å². The molecule has 17 heavy (non-hydrogen) atoms. The highest BCUT2D eigenvalue weighted by Crippen LogP contribution is 2.22. The van der Waals surface area contributed by atoms with Crippen LogP contribution >= 0.6 is 0 Å². The summed E-state index contributed by atoms with van der Waals surface area (Å²) in [4.78, 5) is 35.6. The van der Waals surface area contributed by atoms with E-state index in [-0.39, 0.29) is 13.0 Å². The predicted octanol–water partition coefficient (Wildman–Crippen LogP) is 0.943. The fraction of sp³-hybridized carbons (Fsp3) is 0.727. The predicted molar refractivity (Wildman–Crippen MR) is 58.1 cm³/mol. The Morgan fingerprint density at radius 3 is 2.41 bits per heavy atom. The zero-order valence-corrected chi connectivity index (χ0v) is 10.5. The molecular weight excluding hydrogens is 226 g/mol. The van der Waals surface area contributed by atoms with Crippen molar-refractivity contribution in [1.29, 1.82) is 0 Å². The molecule has 1 fully saturated rings. The van der Waals surface area contributed by atoms with Crippen LogP contribution in [0.25, 0.3) is 0 Å². The minimum atomic E-state index is -0.895. The lowest BCUT2D eigenvalue weighted by molar-refractivity contribution is -0.162. The molecule has 1 rings (SSSR count). The second kappa shape index (κ2) is 4.73. The Kier molecular flexibility index (Phi) is 3.75. The third-order valence-corrected chi connectivity index (χ3v) is 2.29. The normalized spacial score (nSPS) is 20.4. The maximum atomic E-state index is 11.8. The number of amides is 2. The lowest BCUT2D eigenvalue weighted by Gasteiger charge is -2.21. The third kappa shape index (κ3) is 3.18. The van der Waals surface area contributed by atoms with Crippen LogP contribution in [0.3, 0.4) is 0 Å². The quantitative estimate of drug-likeness (QED) is 0.506. The number of hydrogen-bond donors (Lipinski definition) is 0.